The third-order valence-electron chi connectivity index (χ3n) is 5.75. The third-order valence-corrected chi connectivity index (χ3v) is 6.49. The summed E-state index contributed by atoms with van der Waals surface area (Å²) in [6.45, 7) is 3.36. The fourth-order valence-corrected chi connectivity index (χ4v) is 4.63. The first-order chi connectivity index (χ1) is 14.6. The molecule has 2 aromatic rings. The van der Waals surface area contributed by atoms with Crippen molar-refractivity contribution in [2.45, 2.75) is 36.7 Å². The van der Waals surface area contributed by atoms with Gasteiger partial charge in [0.15, 0.2) is 11.5 Å². The third kappa shape index (κ3) is 4.93. The van der Waals surface area contributed by atoms with Crippen LogP contribution in [0.15, 0.2) is 47.4 Å². The summed E-state index contributed by atoms with van der Waals surface area (Å²) in [7, 11) is 2.01. The maximum Gasteiger partial charge on any atom is 0.237 e. The van der Waals surface area contributed by atoms with Gasteiger partial charge in [-0.3, -0.25) is 9.69 Å². The molecule has 1 fully saturated rings. The number of likely N-dealkylation sites (N-methyl/N-ethyl adjacent to an activating group) is 1. The zero-order valence-corrected chi connectivity index (χ0v) is 18.6. The van der Waals surface area contributed by atoms with Crippen molar-refractivity contribution in [1.29, 1.82) is 0 Å². The molecule has 4 rings (SSSR count). The number of amides is 1. The fourth-order valence-electron chi connectivity index (χ4n) is 4.22. The smallest absolute Gasteiger partial charge is 0.237 e. The molecule has 0 N–H and O–H groups in total. The van der Waals surface area contributed by atoms with Crippen molar-refractivity contribution in [3.05, 3.63) is 53.6 Å². The van der Waals surface area contributed by atoms with Gasteiger partial charge in [0.2, 0.25) is 5.91 Å². The van der Waals surface area contributed by atoms with Crippen molar-refractivity contribution in [2.24, 2.45) is 0 Å². The second-order valence-corrected chi connectivity index (χ2v) is 8.90. The molecular formula is C24H30N2O3S. The molecule has 0 spiro atoms. The molecule has 1 atom stereocenters. The number of rotatable bonds is 6. The summed E-state index contributed by atoms with van der Waals surface area (Å²) in [6.07, 6.45) is 5.00. The zero-order valence-electron chi connectivity index (χ0n) is 17.8. The first-order valence-corrected chi connectivity index (χ1v) is 11.9. The standard InChI is InChI=1S/C24H30N2O3S/c1-25(16-18-6-9-20(30-2)10-7-18)17-24(27)26-12-3-5-21(26)19-8-11-22-23(15-19)29-14-4-13-28-22/h6-11,15,21H,3-5,12-14,16-17H2,1-2H3/t21-/m0/s1. The number of nitrogens with zero attached hydrogens (tertiary/aromatic N) is 2. The number of benzene rings is 2. The summed E-state index contributed by atoms with van der Waals surface area (Å²) in [5, 5.41) is 0. The number of carbonyl (C=O) groups is 1. The number of likely N-dealkylation sites (tertiary alicyclic amines) is 1. The summed E-state index contributed by atoms with van der Waals surface area (Å²) < 4.78 is 11.6. The van der Waals surface area contributed by atoms with Crippen LogP contribution in [-0.2, 0) is 11.3 Å². The van der Waals surface area contributed by atoms with Crippen LogP contribution in [0.25, 0.3) is 0 Å². The number of hydrogen-bond donors (Lipinski definition) is 0. The molecule has 0 unspecified atom stereocenters. The molecule has 1 amide bonds. The van der Waals surface area contributed by atoms with E-state index in [4.69, 9.17) is 9.47 Å². The van der Waals surface area contributed by atoms with E-state index in [1.807, 2.05) is 18.0 Å². The molecule has 0 bridgehead atoms. The number of ether oxygens (including phenoxy) is 2. The van der Waals surface area contributed by atoms with E-state index in [9.17, 15) is 4.79 Å². The number of hydrogen-bond acceptors (Lipinski definition) is 5. The molecule has 2 heterocycles. The predicted molar refractivity (Wildman–Crippen MR) is 120 cm³/mol. The lowest BCUT2D eigenvalue weighted by atomic mass is 10.0. The van der Waals surface area contributed by atoms with Crippen molar-refractivity contribution in [3.8, 4) is 11.5 Å². The quantitative estimate of drug-likeness (QED) is 0.642. The highest BCUT2D eigenvalue weighted by molar-refractivity contribution is 7.98. The van der Waals surface area contributed by atoms with Crippen LogP contribution in [-0.4, -0.2) is 55.3 Å². The number of thioether (sulfide) groups is 1. The van der Waals surface area contributed by atoms with E-state index < -0.39 is 0 Å². The van der Waals surface area contributed by atoms with Gasteiger partial charge in [-0.2, -0.15) is 0 Å². The van der Waals surface area contributed by atoms with Crippen molar-refractivity contribution < 1.29 is 14.3 Å². The SMILES string of the molecule is CSc1ccc(CN(C)CC(=O)N2CCC[C@H]2c2ccc3c(c2)OCCCO3)cc1. The van der Waals surface area contributed by atoms with Gasteiger partial charge in [-0.25, -0.2) is 0 Å². The minimum atomic E-state index is 0.115. The van der Waals surface area contributed by atoms with Crippen LogP contribution in [0.4, 0.5) is 0 Å². The second kappa shape index (κ2) is 9.75. The van der Waals surface area contributed by atoms with Gasteiger partial charge < -0.3 is 14.4 Å². The van der Waals surface area contributed by atoms with Gasteiger partial charge in [-0.1, -0.05) is 18.2 Å². The Morgan fingerprint density at radius 1 is 1.10 bits per heavy atom. The van der Waals surface area contributed by atoms with Crippen LogP contribution in [0, 0.1) is 0 Å². The van der Waals surface area contributed by atoms with E-state index >= 15 is 0 Å². The number of carbonyl (C=O) groups excluding carboxylic acids is 1. The highest BCUT2D eigenvalue weighted by Gasteiger charge is 2.31. The van der Waals surface area contributed by atoms with Crippen molar-refractivity contribution in [3.63, 3.8) is 0 Å². The highest BCUT2D eigenvalue weighted by Crippen LogP contribution is 2.38. The Morgan fingerprint density at radius 2 is 1.87 bits per heavy atom. The lowest BCUT2D eigenvalue weighted by Crippen LogP contribution is -2.38. The average Bonchev–Trinajstić information content (AvgIpc) is 3.13. The van der Waals surface area contributed by atoms with Crippen LogP contribution in [0.1, 0.15) is 36.4 Å². The molecule has 30 heavy (non-hydrogen) atoms. The molecular weight excluding hydrogens is 396 g/mol. The monoisotopic (exact) mass is 426 g/mol. The fraction of sp³-hybridized carbons (Fsp3) is 0.458. The van der Waals surface area contributed by atoms with E-state index in [1.54, 1.807) is 11.8 Å². The Balaban J connectivity index is 1.40. The topological polar surface area (TPSA) is 42.0 Å². The largest absolute Gasteiger partial charge is 0.490 e. The van der Waals surface area contributed by atoms with Crippen LogP contribution in [0.2, 0.25) is 0 Å². The van der Waals surface area contributed by atoms with Gasteiger partial charge >= 0.3 is 0 Å². The maximum atomic E-state index is 13.1. The minimum Gasteiger partial charge on any atom is -0.490 e. The number of fused-ring (bicyclic) bond motifs is 1. The van der Waals surface area contributed by atoms with Crippen molar-refractivity contribution >= 4 is 17.7 Å². The Labute approximate surface area is 183 Å². The van der Waals surface area contributed by atoms with Crippen LogP contribution < -0.4 is 9.47 Å². The molecule has 1 saturated heterocycles. The molecule has 0 radical (unpaired) electrons. The molecule has 6 heteroatoms. The lowest BCUT2D eigenvalue weighted by molar-refractivity contribution is -0.133. The molecule has 0 aliphatic carbocycles. The molecule has 2 aliphatic heterocycles. The summed E-state index contributed by atoms with van der Waals surface area (Å²) in [5.41, 5.74) is 2.37. The molecule has 5 nitrogen and oxygen atoms in total. The predicted octanol–water partition coefficient (Wildman–Crippen LogP) is 4.37. The minimum absolute atomic E-state index is 0.115. The van der Waals surface area contributed by atoms with E-state index in [-0.39, 0.29) is 11.9 Å². The normalized spacial score (nSPS) is 18.5. The van der Waals surface area contributed by atoms with E-state index in [2.05, 4.69) is 47.6 Å². The highest BCUT2D eigenvalue weighted by atomic mass is 32.2. The Kier molecular flexibility index (Phi) is 6.85. The van der Waals surface area contributed by atoms with Crippen LogP contribution >= 0.6 is 11.8 Å². The Morgan fingerprint density at radius 3 is 2.63 bits per heavy atom. The van der Waals surface area contributed by atoms with Crippen molar-refractivity contribution in [2.75, 3.05) is 39.6 Å². The van der Waals surface area contributed by atoms with E-state index in [1.165, 1.54) is 10.5 Å². The van der Waals surface area contributed by atoms with E-state index in [0.29, 0.717) is 19.8 Å². The van der Waals surface area contributed by atoms with Gasteiger partial charge in [-0.05, 0) is 61.5 Å². The molecule has 0 saturated carbocycles. The Hall–Kier alpha value is -2.18. The second-order valence-electron chi connectivity index (χ2n) is 8.02. The maximum absolute atomic E-state index is 13.1. The molecule has 0 aromatic heterocycles. The van der Waals surface area contributed by atoms with Crippen molar-refractivity contribution in [1.82, 2.24) is 9.80 Å². The van der Waals surface area contributed by atoms with Gasteiger partial charge in [0.25, 0.3) is 0 Å². The van der Waals surface area contributed by atoms with Gasteiger partial charge in [0, 0.05) is 24.4 Å². The molecule has 160 valence electrons. The first kappa shape index (κ1) is 21.1. The van der Waals surface area contributed by atoms with Crippen LogP contribution in [0.5, 0.6) is 11.5 Å². The lowest BCUT2D eigenvalue weighted by Gasteiger charge is -2.28. The summed E-state index contributed by atoms with van der Waals surface area (Å²) in [5.74, 6) is 1.79. The molecule has 2 aromatic carbocycles. The van der Waals surface area contributed by atoms with Gasteiger partial charge in [-0.15, -0.1) is 11.8 Å². The van der Waals surface area contributed by atoms with E-state index in [0.717, 1.165) is 49.4 Å². The van der Waals surface area contributed by atoms with Gasteiger partial charge in [0.05, 0.1) is 25.8 Å². The summed E-state index contributed by atoms with van der Waals surface area (Å²) in [4.78, 5) is 18.5. The summed E-state index contributed by atoms with van der Waals surface area (Å²) >= 11 is 1.74. The van der Waals surface area contributed by atoms with Crippen LogP contribution in [0.3, 0.4) is 0 Å². The summed E-state index contributed by atoms with van der Waals surface area (Å²) in [6, 6.07) is 14.8. The van der Waals surface area contributed by atoms with Gasteiger partial charge in [0.1, 0.15) is 0 Å². The molecule has 2 aliphatic rings. The Bertz CT molecular complexity index is 871. The average molecular weight is 427 g/mol. The zero-order chi connectivity index (χ0) is 20.9. The first-order valence-electron chi connectivity index (χ1n) is 10.6.